The van der Waals surface area contributed by atoms with Crippen LogP contribution in [-0.2, 0) is 6.54 Å². The third-order valence-electron chi connectivity index (χ3n) is 2.27. The average Bonchev–Trinajstić information content (AvgIpc) is 2.36. The predicted molar refractivity (Wildman–Crippen MR) is 71.9 cm³/mol. The first-order chi connectivity index (χ1) is 8.20. The second-order valence-electron chi connectivity index (χ2n) is 3.48. The minimum Gasteiger partial charge on any atom is -0.339 e. The van der Waals surface area contributed by atoms with Crippen LogP contribution in [0.2, 0.25) is 10.0 Å². The van der Waals surface area contributed by atoms with Crippen LogP contribution in [-0.4, -0.2) is 4.98 Å². The lowest BCUT2D eigenvalue weighted by molar-refractivity contribution is 1.05. The highest BCUT2D eigenvalue weighted by Crippen LogP contribution is 2.31. The van der Waals surface area contributed by atoms with Crippen molar-refractivity contribution >= 4 is 34.7 Å². The molecule has 0 saturated carbocycles. The molecule has 1 aromatic carbocycles. The van der Waals surface area contributed by atoms with E-state index in [1.54, 1.807) is 12.3 Å². The number of nitrogens with zero attached hydrogens (tertiary/aromatic N) is 1. The Balaban J connectivity index is 2.22. The van der Waals surface area contributed by atoms with Crippen LogP contribution < -0.4 is 11.1 Å². The first kappa shape index (κ1) is 12.2. The van der Waals surface area contributed by atoms with Gasteiger partial charge in [0.2, 0.25) is 0 Å². The smallest absolute Gasteiger partial charge is 0.130 e. The fourth-order valence-corrected chi connectivity index (χ4v) is 1.71. The zero-order chi connectivity index (χ0) is 12.3. The number of aromatic nitrogens is 1. The molecule has 5 heteroatoms. The van der Waals surface area contributed by atoms with E-state index in [0.29, 0.717) is 22.4 Å². The molecular weight excluding hydrogens is 257 g/mol. The maximum absolute atomic E-state index is 6.06. The predicted octanol–water partition coefficient (Wildman–Crippen LogP) is 3.59. The van der Waals surface area contributed by atoms with Crippen molar-refractivity contribution < 1.29 is 0 Å². The van der Waals surface area contributed by atoms with E-state index >= 15 is 0 Å². The van der Waals surface area contributed by atoms with Crippen molar-refractivity contribution in [1.82, 2.24) is 4.98 Å². The molecule has 0 amide bonds. The molecule has 2 aromatic rings. The van der Waals surface area contributed by atoms with Crippen molar-refractivity contribution in [2.24, 2.45) is 5.73 Å². The summed E-state index contributed by atoms with van der Waals surface area (Å²) in [6.07, 6.45) is 1.72. The van der Waals surface area contributed by atoms with E-state index in [0.717, 1.165) is 11.3 Å². The lowest BCUT2D eigenvalue weighted by atomic mass is 10.3. The summed E-state index contributed by atoms with van der Waals surface area (Å²) in [7, 11) is 0. The summed E-state index contributed by atoms with van der Waals surface area (Å²) < 4.78 is 0. The topological polar surface area (TPSA) is 50.9 Å². The number of benzene rings is 1. The van der Waals surface area contributed by atoms with Crippen LogP contribution in [0.5, 0.6) is 0 Å². The summed E-state index contributed by atoms with van der Waals surface area (Å²) in [5.74, 6) is 0.700. The lowest BCUT2D eigenvalue weighted by Crippen LogP contribution is -1.99. The molecule has 0 aliphatic rings. The molecule has 0 bridgehead atoms. The molecule has 3 nitrogen and oxygen atoms in total. The first-order valence-corrected chi connectivity index (χ1v) is 5.82. The van der Waals surface area contributed by atoms with Crippen molar-refractivity contribution in [3.63, 3.8) is 0 Å². The monoisotopic (exact) mass is 267 g/mol. The lowest BCUT2D eigenvalue weighted by Gasteiger charge is -2.08. The second kappa shape index (κ2) is 5.36. The zero-order valence-electron chi connectivity index (χ0n) is 8.95. The highest BCUT2D eigenvalue weighted by Gasteiger charge is 2.04. The van der Waals surface area contributed by atoms with Gasteiger partial charge in [0.25, 0.3) is 0 Å². The van der Waals surface area contributed by atoms with Gasteiger partial charge in [-0.05, 0) is 23.8 Å². The van der Waals surface area contributed by atoms with Crippen molar-refractivity contribution in [3.05, 3.63) is 52.1 Å². The third kappa shape index (κ3) is 2.88. The number of anilines is 2. The second-order valence-corrected chi connectivity index (χ2v) is 4.27. The van der Waals surface area contributed by atoms with Gasteiger partial charge in [0.1, 0.15) is 5.82 Å². The van der Waals surface area contributed by atoms with Gasteiger partial charge in [-0.1, -0.05) is 35.3 Å². The Hall–Kier alpha value is -1.29. The minimum absolute atomic E-state index is 0.477. The maximum atomic E-state index is 6.06. The Bertz CT molecular complexity index is 512. The number of nitrogens with one attached hydrogen (secondary N) is 1. The summed E-state index contributed by atoms with van der Waals surface area (Å²) in [6.45, 7) is 0.477. The summed E-state index contributed by atoms with van der Waals surface area (Å²) in [5.41, 5.74) is 7.21. The normalized spacial score (nSPS) is 10.3. The standard InChI is InChI=1S/C12H11Cl2N3/c13-9-2-1-3-10(12(9)14)17-11-5-4-8(6-15)7-16-11/h1-5,7H,6,15H2,(H,16,17). The van der Waals surface area contributed by atoms with Gasteiger partial charge < -0.3 is 11.1 Å². The van der Waals surface area contributed by atoms with Crippen LogP contribution >= 0.6 is 23.2 Å². The Labute approximate surface area is 110 Å². The van der Waals surface area contributed by atoms with Gasteiger partial charge >= 0.3 is 0 Å². The SMILES string of the molecule is NCc1ccc(Nc2cccc(Cl)c2Cl)nc1. The molecule has 0 atom stereocenters. The third-order valence-corrected chi connectivity index (χ3v) is 3.09. The van der Waals surface area contributed by atoms with Crippen molar-refractivity contribution in [1.29, 1.82) is 0 Å². The molecule has 0 fully saturated rings. The highest BCUT2D eigenvalue weighted by atomic mass is 35.5. The molecule has 0 spiro atoms. The number of hydrogen-bond donors (Lipinski definition) is 2. The molecule has 1 aromatic heterocycles. The van der Waals surface area contributed by atoms with Crippen LogP contribution in [0.25, 0.3) is 0 Å². The number of hydrogen-bond acceptors (Lipinski definition) is 3. The number of pyridine rings is 1. The van der Waals surface area contributed by atoms with E-state index in [1.165, 1.54) is 0 Å². The summed E-state index contributed by atoms with van der Waals surface area (Å²) >= 11 is 12.0. The first-order valence-electron chi connectivity index (χ1n) is 5.06. The molecule has 1 heterocycles. The van der Waals surface area contributed by atoms with Gasteiger partial charge in [0.15, 0.2) is 0 Å². The largest absolute Gasteiger partial charge is 0.339 e. The number of halogens is 2. The van der Waals surface area contributed by atoms with Crippen molar-refractivity contribution in [2.75, 3.05) is 5.32 Å². The van der Waals surface area contributed by atoms with Crippen LogP contribution in [0.1, 0.15) is 5.56 Å². The Kier molecular flexibility index (Phi) is 3.84. The molecule has 0 aliphatic carbocycles. The quantitative estimate of drug-likeness (QED) is 0.894. The van der Waals surface area contributed by atoms with Crippen molar-refractivity contribution in [3.8, 4) is 0 Å². The van der Waals surface area contributed by atoms with Gasteiger partial charge in [-0.15, -0.1) is 0 Å². The zero-order valence-corrected chi connectivity index (χ0v) is 10.5. The van der Waals surface area contributed by atoms with Crippen LogP contribution in [0.4, 0.5) is 11.5 Å². The van der Waals surface area contributed by atoms with E-state index in [2.05, 4.69) is 10.3 Å². The fraction of sp³-hybridized carbons (Fsp3) is 0.0833. The van der Waals surface area contributed by atoms with E-state index in [-0.39, 0.29) is 0 Å². The molecular formula is C12H11Cl2N3. The fourth-order valence-electron chi connectivity index (χ4n) is 1.36. The van der Waals surface area contributed by atoms with Gasteiger partial charge in [-0.25, -0.2) is 4.98 Å². The van der Waals surface area contributed by atoms with E-state index < -0.39 is 0 Å². The molecule has 0 aliphatic heterocycles. The Morgan fingerprint density at radius 2 is 2.00 bits per heavy atom. The van der Waals surface area contributed by atoms with Gasteiger partial charge in [-0.2, -0.15) is 0 Å². The highest BCUT2D eigenvalue weighted by molar-refractivity contribution is 6.43. The van der Waals surface area contributed by atoms with Gasteiger partial charge in [-0.3, -0.25) is 0 Å². The molecule has 3 N–H and O–H groups in total. The van der Waals surface area contributed by atoms with E-state index in [1.807, 2.05) is 24.3 Å². The van der Waals surface area contributed by atoms with Gasteiger partial charge in [0.05, 0.1) is 15.7 Å². The van der Waals surface area contributed by atoms with Crippen molar-refractivity contribution in [2.45, 2.75) is 6.54 Å². The molecule has 17 heavy (non-hydrogen) atoms. The van der Waals surface area contributed by atoms with E-state index in [9.17, 15) is 0 Å². The summed E-state index contributed by atoms with van der Waals surface area (Å²) in [5, 5.41) is 4.09. The van der Waals surface area contributed by atoms with Crippen LogP contribution in [0.15, 0.2) is 36.5 Å². The maximum Gasteiger partial charge on any atom is 0.130 e. The molecule has 2 rings (SSSR count). The molecule has 88 valence electrons. The minimum atomic E-state index is 0.477. The summed E-state index contributed by atoms with van der Waals surface area (Å²) in [6, 6.07) is 9.16. The molecule has 0 saturated heterocycles. The molecule has 0 radical (unpaired) electrons. The van der Waals surface area contributed by atoms with Gasteiger partial charge in [0, 0.05) is 12.7 Å². The van der Waals surface area contributed by atoms with Crippen LogP contribution in [0, 0.1) is 0 Å². The number of nitrogens with two attached hydrogens (primary N) is 1. The average molecular weight is 268 g/mol. The van der Waals surface area contributed by atoms with E-state index in [4.69, 9.17) is 28.9 Å². The Morgan fingerprint density at radius 3 is 2.65 bits per heavy atom. The van der Waals surface area contributed by atoms with Crippen LogP contribution in [0.3, 0.4) is 0 Å². The summed E-state index contributed by atoms with van der Waals surface area (Å²) in [4.78, 5) is 4.22. The number of rotatable bonds is 3. The Morgan fingerprint density at radius 1 is 1.18 bits per heavy atom. The molecule has 0 unspecified atom stereocenters.